The molecule has 0 aromatic heterocycles. The van der Waals surface area contributed by atoms with E-state index in [1.54, 1.807) is 13.8 Å². The number of alkyl halides is 3. The van der Waals surface area contributed by atoms with Gasteiger partial charge in [-0.3, -0.25) is 0 Å². The molecule has 0 aliphatic carbocycles. The SMILES string of the molecule is CC(C)[C@H](NC(=O)Nc1cccc(C(F)(F)F)c1)C(=O)O. The first-order valence-electron chi connectivity index (χ1n) is 6.09. The number of rotatable bonds is 4. The summed E-state index contributed by atoms with van der Waals surface area (Å²) in [5.41, 5.74) is -0.978. The molecule has 0 heterocycles. The van der Waals surface area contributed by atoms with E-state index in [0.29, 0.717) is 0 Å². The summed E-state index contributed by atoms with van der Waals surface area (Å²) in [6, 6.07) is 2.06. The van der Waals surface area contributed by atoms with Crippen molar-refractivity contribution in [3.63, 3.8) is 0 Å². The summed E-state index contributed by atoms with van der Waals surface area (Å²) in [6.45, 7) is 3.20. The summed E-state index contributed by atoms with van der Waals surface area (Å²) in [7, 11) is 0. The number of anilines is 1. The Labute approximate surface area is 119 Å². The normalized spacial score (nSPS) is 12.9. The molecule has 116 valence electrons. The van der Waals surface area contributed by atoms with Gasteiger partial charge in [-0.1, -0.05) is 19.9 Å². The molecule has 1 aromatic carbocycles. The van der Waals surface area contributed by atoms with Gasteiger partial charge in [0.05, 0.1) is 5.56 Å². The fourth-order valence-electron chi connectivity index (χ4n) is 1.60. The molecule has 0 aliphatic rings. The van der Waals surface area contributed by atoms with E-state index in [1.807, 2.05) is 0 Å². The summed E-state index contributed by atoms with van der Waals surface area (Å²) < 4.78 is 37.6. The van der Waals surface area contributed by atoms with Crippen molar-refractivity contribution in [2.75, 3.05) is 5.32 Å². The number of carbonyl (C=O) groups is 2. The molecule has 0 spiro atoms. The van der Waals surface area contributed by atoms with Crippen LogP contribution in [0.25, 0.3) is 0 Å². The maximum absolute atomic E-state index is 12.5. The third-order valence-corrected chi connectivity index (χ3v) is 2.67. The van der Waals surface area contributed by atoms with Crippen LogP contribution in [0, 0.1) is 5.92 Å². The molecule has 0 radical (unpaired) electrons. The van der Waals surface area contributed by atoms with Crippen LogP contribution in [0.1, 0.15) is 19.4 Å². The molecule has 0 saturated carbocycles. The van der Waals surface area contributed by atoms with Gasteiger partial charge in [0.2, 0.25) is 0 Å². The average Bonchev–Trinajstić information content (AvgIpc) is 2.34. The largest absolute Gasteiger partial charge is 0.480 e. The van der Waals surface area contributed by atoms with Gasteiger partial charge in [-0.2, -0.15) is 13.2 Å². The Hall–Kier alpha value is -2.25. The first kappa shape index (κ1) is 16.8. The van der Waals surface area contributed by atoms with Crippen molar-refractivity contribution in [3.8, 4) is 0 Å². The van der Waals surface area contributed by atoms with Crippen molar-refractivity contribution in [3.05, 3.63) is 29.8 Å². The molecule has 0 bridgehead atoms. The van der Waals surface area contributed by atoms with Crippen LogP contribution in [0.2, 0.25) is 0 Å². The Morgan fingerprint density at radius 2 is 1.86 bits per heavy atom. The number of amides is 2. The van der Waals surface area contributed by atoms with E-state index in [1.165, 1.54) is 6.07 Å². The number of halogens is 3. The first-order valence-corrected chi connectivity index (χ1v) is 6.09. The fraction of sp³-hybridized carbons (Fsp3) is 0.385. The smallest absolute Gasteiger partial charge is 0.416 e. The van der Waals surface area contributed by atoms with Crippen LogP contribution < -0.4 is 10.6 Å². The second-order valence-electron chi connectivity index (χ2n) is 4.74. The van der Waals surface area contributed by atoms with E-state index in [9.17, 15) is 22.8 Å². The van der Waals surface area contributed by atoms with Gasteiger partial charge in [0.15, 0.2) is 0 Å². The number of carboxylic acids is 1. The molecule has 1 rings (SSSR count). The van der Waals surface area contributed by atoms with E-state index >= 15 is 0 Å². The molecule has 5 nitrogen and oxygen atoms in total. The number of benzene rings is 1. The van der Waals surface area contributed by atoms with Crippen LogP contribution in [0.15, 0.2) is 24.3 Å². The lowest BCUT2D eigenvalue weighted by molar-refractivity contribution is -0.140. The van der Waals surface area contributed by atoms with Gasteiger partial charge in [-0.15, -0.1) is 0 Å². The van der Waals surface area contributed by atoms with Gasteiger partial charge in [-0.25, -0.2) is 9.59 Å². The van der Waals surface area contributed by atoms with Crippen LogP contribution in [0.3, 0.4) is 0 Å². The molecule has 8 heteroatoms. The molecule has 0 saturated heterocycles. The predicted molar refractivity (Wildman–Crippen MR) is 69.9 cm³/mol. The fourth-order valence-corrected chi connectivity index (χ4v) is 1.60. The Morgan fingerprint density at radius 1 is 1.24 bits per heavy atom. The molecule has 0 unspecified atom stereocenters. The summed E-state index contributed by atoms with van der Waals surface area (Å²) in [5.74, 6) is -1.58. The monoisotopic (exact) mass is 304 g/mol. The highest BCUT2D eigenvalue weighted by Gasteiger charge is 2.30. The van der Waals surface area contributed by atoms with Gasteiger partial charge in [0, 0.05) is 5.69 Å². The molecular weight excluding hydrogens is 289 g/mol. The third kappa shape index (κ3) is 4.97. The Balaban J connectivity index is 2.77. The van der Waals surface area contributed by atoms with Crippen LogP contribution in [0.4, 0.5) is 23.7 Å². The minimum atomic E-state index is -4.52. The zero-order valence-corrected chi connectivity index (χ0v) is 11.4. The van der Waals surface area contributed by atoms with E-state index in [4.69, 9.17) is 5.11 Å². The number of hydrogen-bond acceptors (Lipinski definition) is 2. The second-order valence-corrected chi connectivity index (χ2v) is 4.74. The van der Waals surface area contributed by atoms with Crippen molar-refractivity contribution >= 4 is 17.7 Å². The maximum Gasteiger partial charge on any atom is 0.416 e. The van der Waals surface area contributed by atoms with Gasteiger partial charge in [0.1, 0.15) is 6.04 Å². The minimum absolute atomic E-state index is 0.0739. The molecular formula is C13H15F3N2O3. The van der Waals surface area contributed by atoms with Crippen molar-refractivity contribution in [2.45, 2.75) is 26.1 Å². The number of urea groups is 1. The van der Waals surface area contributed by atoms with Crippen LogP contribution in [0.5, 0.6) is 0 Å². The summed E-state index contributed by atoms with van der Waals surface area (Å²) in [5, 5.41) is 13.3. The summed E-state index contributed by atoms with van der Waals surface area (Å²) in [6.07, 6.45) is -4.52. The standard InChI is InChI=1S/C13H15F3N2O3/c1-7(2)10(11(19)20)18-12(21)17-9-5-3-4-8(6-9)13(14,15)16/h3-7,10H,1-2H3,(H,19,20)(H2,17,18,21)/t10-/m0/s1. The molecule has 1 aromatic rings. The van der Waals surface area contributed by atoms with Crippen LogP contribution in [-0.2, 0) is 11.0 Å². The van der Waals surface area contributed by atoms with E-state index in [2.05, 4.69) is 10.6 Å². The number of aliphatic carboxylic acids is 1. The third-order valence-electron chi connectivity index (χ3n) is 2.67. The van der Waals surface area contributed by atoms with Crippen LogP contribution >= 0.6 is 0 Å². The number of carbonyl (C=O) groups excluding carboxylic acids is 1. The average molecular weight is 304 g/mol. The van der Waals surface area contributed by atoms with Crippen molar-refractivity contribution < 1.29 is 27.9 Å². The number of hydrogen-bond donors (Lipinski definition) is 3. The van der Waals surface area contributed by atoms with E-state index in [0.717, 1.165) is 18.2 Å². The van der Waals surface area contributed by atoms with Crippen LogP contribution in [-0.4, -0.2) is 23.1 Å². The lowest BCUT2D eigenvalue weighted by Crippen LogP contribution is -2.46. The van der Waals surface area contributed by atoms with Gasteiger partial charge in [0.25, 0.3) is 0 Å². The summed E-state index contributed by atoms with van der Waals surface area (Å²) in [4.78, 5) is 22.5. The van der Waals surface area contributed by atoms with E-state index in [-0.39, 0.29) is 11.6 Å². The highest BCUT2D eigenvalue weighted by molar-refractivity contribution is 5.92. The second kappa shape index (κ2) is 6.47. The highest BCUT2D eigenvalue weighted by atomic mass is 19.4. The predicted octanol–water partition coefficient (Wildman–Crippen LogP) is 2.94. The molecule has 21 heavy (non-hydrogen) atoms. The lowest BCUT2D eigenvalue weighted by atomic mass is 10.1. The molecule has 1 atom stereocenters. The first-order chi connectivity index (χ1) is 9.61. The van der Waals surface area contributed by atoms with Crippen molar-refractivity contribution in [2.24, 2.45) is 5.92 Å². The number of nitrogens with one attached hydrogen (secondary N) is 2. The van der Waals surface area contributed by atoms with Gasteiger partial charge >= 0.3 is 18.2 Å². The Morgan fingerprint density at radius 3 is 2.33 bits per heavy atom. The van der Waals surface area contributed by atoms with Crippen molar-refractivity contribution in [1.29, 1.82) is 0 Å². The Kier molecular flexibility index (Phi) is 5.17. The highest BCUT2D eigenvalue weighted by Crippen LogP contribution is 2.30. The zero-order valence-electron chi connectivity index (χ0n) is 11.4. The molecule has 2 amide bonds. The van der Waals surface area contributed by atoms with E-state index < -0.39 is 29.8 Å². The number of carboxylic acid groups (broad SMARTS) is 1. The minimum Gasteiger partial charge on any atom is -0.480 e. The zero-order chi connectivity index (χ0) is 16.2. The maximum atomic E-state index is 12.5. The Bertz CT molecular complexity index is 530. The molecule has 3 N–H and O–H groups in total. The molecule has 0 fully saturated rings. The van der Waals surface area contributed by atoms with Gasteiger partial charge in [-0.05, 0) is 24.1 Å². The topological polar surface area (TPSA) is 78.4 Å². The summed E-state index contributed by atoms with van der Waals surface area (Å²) >= 11 is 0. The molecule has 0 aliphatic heterocycles. The quantitative estimate of drug-likeness (QED) is 0.800. The lowest BCUT2D eigenvalue weighted by Gasteiger charge is -2.18. The van der Waals surface area contributed by atoms with Gasteiger partial charge < -0.3 is 15.7 Å². The van der Waals surface area contributed by atoms with Crippen molar-refractivity contribution in [1.82, 2.24) is 5.32 Å².